The molecule has 0 fully saturated rings. The summed E-state index contributed by atoms with van der Waals surface area (Å²) in [7, 11) is 0. The average molecular weight is 118 g/mol. The Kier molecular flexibility index (Phi) is 3.50. The zero-order chi connectivity index (χ0) is 5.70. The Balaban J connectivity index is 3.14. The molecular weight excluding hydrogens is 112 g/mol. The van der Waals surface area contributed by atoms with E-state index < -0.39 is 5.97 Å². The Labute approximate surface area is 47.3 Å². The summed E-state index contributed by atoms with van der Waals surface area (Å²) in [5, 5.41) is 9.37. The number of carboxylic acids is 1. The minimum atomic E-state index is -0.828. The molecule has 0 aromatic rings. The van der Waals surface area contributed by atoms with Crippen LogP contribution in [0.2, 0.25) is 0 Å². The van der Waals surface area contributed by atoms with Gasteiger partial charge in [-0.25, -0.2) is 0 Å². The SMILES string of the molecule is O=C(O)CC=CS. The van der Waals surface area contributed by atoms with Crippen LogP contribution in [0, 0.1) is 0 Å². The maximum atomic E-state index is 9.67. The molecule has 0 aromatic carbocycles. The van der Waals surface area contributed by atoms with E-state index in [-0.39, 0.29) is 6.42 Å². The van der Waals surface area contributed by atoms with Crippen molar-refractivity contribution in [2.75, 3.05) is 0 Å². The third-order valence-corrected chi connectivity index (χ3v) is 0.609. The van der Waals surface area contributed by atoms with E-state index in [2.05, 4.69) is 12.6 Å². The lowest BCUT2D eigenvalue weighted by atomic mass is 10.4. The third kappa shape index (κ3) is 5.56. The van der Waals surface area contributed by atoms with Crippen LogP contribution in [0.25, 0.3) is 0 Å². The average Bonchev–Trinajstić information content (AvgIpc) is 1.61. The van der Waals surface area contributed by atoms with Crippen molar-refractivity contribution in [3.63, 3.8) is 0 Å². The fourth-order valence-corrected chi connectivity index (χ4v) is 0.259. The molecule has 0 aromatic heterocycles. The van der Waals surface area contributed by atoms with Gasteiger partial charge in [-0.2, -0.15) is 12.6 Å². The molecule has 0 saturated heterocycles. The topological polar surface area (TPSA) is 37.3 Å². The van der Waals surface area contributed by atoms with Gasteiger partial charge >= 0.3 is 5.97 Å². The first kappa shape index (κ1) is 6.56. The normalized spacial score (nSPS) is 9.86. The number of hydrogen-bond acceptors (Lipinski definition) is 2. The fourth-order valence-electron chi connectivity index (χ4n) is 0.154. The van der Waals surface area contributed by atoms with Gasteiger partial charge in [0, 0.05) is 0 Å². The van der Waals surface area contributed by atoms with E-state index in [9.17, 15) is 4.79 Å². The molecule has 0 radical (unpaired) electrons. The molecule has 0 rings (SSSR count). The Morgan fingerprint density at radius 1 is 1.86 bits per heavy atom. The molecule has 1 N–H and O–H groups in total. The van der Waals surface area contributed by atoms with Crippen molar-refractivity contribution in [2.24, 2.45) is 0 Å². The molecule has 0 aliphatic heterocycles. The van der Waals surface area contributed by atoms with E-state index in [1.165, 1.54) is 11.5 Å². The summed E-state index contributed by atoms with van der Waals surface area (Å²) in [6, 6.07) is 0. The number of thiol groups is 1. The Morgan fingerprint density at radius 2 is 2.43 bits per heavy atom. The molecule has 0 saturated carbocycles. The highest BCUT2D eigenvalue weighted by Crippen LogP contribution is 1.83. The first-order valence-electron chi connectivity index (χ1n) is 1.78. The molecule has 0 atom stereocenters. The van der Waals surface area contributed by atoms with Crippen molar-refractivity contribution < 1.29 is 9.90 Å². The van der Waals surface area contributed by atoms with Crippen LogP contribution in [-0.2, 0) is 4.79 Å². The summed E-state index contributed by atoms with van der Waals surface area (Å²) >= 11 is 3.65. The van der Waals surface area contributed by atoms with Crippen LogP contribution in [0.4, 0.5) is 0 Å². The van der Waals surface area contributed by atoms with Gasteiger partial charge in [0.25, 0.3) is 0 Å². The van der Waals surface area contributed by atoms with Crippen molar-refractivity contribution in [3.8, 4) is 0 Å². The zero-order valence-corrected chi connectivity index (χ0v) is 4.56. The summed E-state index contributed by atoms with van der Waals surface area (Å²) in [5.41, 5.74) is 0. The van der Waals surface area contributed by atoms with Crippen LogP contribution in [0.3, 0.4) is 0 Å². The van der Waals surface area contributed by atoms with Gasteiger partial charge in [-0.3, -0.25) is 4.79 Å². The molecule has 2 nitrogen and oxygen atoms in total. The van der Waals surface area contributed by atoms with Crippen LogP contribution in [0.15, 0.2) is 11.5 Å². The maximum absolute atomic E-state index is 9.67. The highest BCUT2D eigenvalue weighted by molar-refractivity contribution is 7.83. The minimum absolute atomic E-state index is 0.0590. The molecule has 40 valence electrons. The van der Waals surface area contributed by atoms with Crippen LogP contribution in [0.5, 0.6) is 0 Å². The van der Waals surface area contributed by atoms with Gasteiger partial charge in [0.2, 0.25) is 0 Å². The van der Waals surface area contributed by atoms with Crippen molar-refractivity contribution in [1.29, 1.82) is 0 Å². The maximum Gasteiger partial charge on any atom is 0.307 e. The second-order valence-corrected chi connectivity index (χ2v) is 1.28. The molecule has 0 spiro atoms. The first-order chi connectivity index (χ1) is 3.27. The summed E-state index contributed by atoms with van der Waals surface area (Å²) < 4.78 is 0. The molecule has 0 amide bonds. The molecule has 7 heavy (non-hydrogen) atoms. The largest absolute Gasteiger partial charge is 0.481 e. The number of aliphatic carboxylic acids is 1. The molecule has 0 aliphatic rings. The van der Waals surface area contributed by atoms with Gasteiger partial charge < -0.3 is 5.11 Å². The van der Waals surface area contributed by atoms with Crippen molar-refractivity contribution in [2.45, 2.75) is 6.42 Å². The Hall–Kier alpha value is -0.440. The zero-order valence-electron chi connectivity index (χ0n) is 3.66. The summed E-state index contributed by atoms with van der Waals surface area (Å²) in [6.45, 7) is 0. The van der Waals surface area contributed by atoms with Crippen LogP contribution in [-0.4, -0.2) is 11.1 Å². The predicted molar refractivity (Wildman–Crippen MR) is 30.4 cm³/mol. The molecule has 0 unspecified atom stereocenters. The van der Waals surface area contributed by atoms with E-state index in [0.717, 1.165) is 0 Å². The quantitative estimate of drug-likeness (QED) is 0.529. The van der Waals surface area contributed by atoms with Gasteiger partial charge in [0.15, 0.2) is 0 Å². The van der Waals surface area contributed by atoms with E-state index in [0.29, 0.717) is 0 Å². The lowest BCUT2D eigenvalue weighted by Crippen LogP contribution is -1.88. The minimum Gasteiger partial charge on any atom is -0.481 e. The highest BCUT2D eigenvalue weighted by Gasteiger charge is 1.85. The summed E-state index contributed by atoms with van der Waals surface area (Å²) in [4.78, 5) is 9.67. The van der Waals surface area contributed by atoms with Gasteiger partial charge in [0.1, 0.15) is 0 Å². The highest BCUT2D eigenvalue weighted by atomic mass is 32.1. The van der Waals surface area contributed by atoms with Gasteiger partial charge in [-0.15, -0.1) is 0 Å². The second-order valence-electron chi connectivity index (χ2n) is 0.983. The summed E-state index contributed by atoms with van der Waals surface area (Å²) in [6.07, 6.45) is 1.52. The van der Waals surface area contributed by atoms with Crippen molar-refractivity contribution >= 4 is 18.6 Å². The van der Waals surface area contributed by atoms with Gasteiger partial charge in [0.05, 0.1) is 6.42 Å². The number of carbonyl (C=O) groups is 1. The number of rotatable bonds is 2. The lowest BCUT2D eigenvalue weighted by molar-refractivity contribution is -0.135. The molecule has 0 aliphatic carbocycles. The first-order valence-corrected chi connectivity index (χ1v) is 2.30. The molecular formula is C4H6O2S. The van der Waals surface area contributed by atoms with E-state index in [1.54, 1.807) is 0 Å². The standard InChI is InChI=1S/C4H6O2S/c5-4(6)2-1-3-7/h1,3,7H,2H2,(H,5,6). The van der Waals surface area contributed by atoms with E-state index in [1.807, 2.05) is 0 Å². The molecule has 3 heteroatoms. The molecule has 0 bridgehead atoms. The predicted octanol–water partition coefficient (Wildman–Crippen LogP) is 0.905. The Morgan fingerprint density at radius 3 is 2.57 bits per heavy atom. The molecule has 0 heterocycles. The second kappa shape index (κ2) is 3.74. The van der Waals surface area contributed by atoms with E-state index in [4.69, 9.17) is 5.11 Å². The number of hydrogen-bond donors (Lipinski definition) is 2. The van der Waals surface area contributed by atoms with Crippen LogP contribution in [0.1, 0.15) is 6.42 Å². The van der Waals surface area contributed by atoms with Gasteiger partial charge in [-0.05, 0) is 5.41 Å². The third-order valence-electron chi connectivity index (χ3n) is 0.398. The van der Waals surface area contributed by atoms with Gasteiger partial charge in [-0.1, -0.05) is 6.08 Å². The van der Waals surface area contributed by atoms with Crippen LogP contribution < -0.4 is 0 Å². The number of carboxylic acid groups (broad SMARTS) is 1. The van der Waals surface area contributed by atoms with Crippen molar-refractivity contribution in [3.05, 3.63) is 11.5 Å². The fraction of sp³-hybridized carbons (Fsp3) is 0.250. The van der Waals surface area contributed by atoms with Crippen molar-refractivity contribution in [1.82, 2.24) is 0 Å². The lowest BCUT2D eigenvalue weighted by Gasteiger charge is -1.77. The smallest absolute Gasteiger partial charge is 0.307 e. The Bertz CT molecular complexity index is 87.7. The monoisotopic (exact) mass is 118 g/mol. The van der Waals surface area contributed by atoms with Crippen LogP contribution >= 0.6 is 12.6 Å². The summed E-state index contributed by atoms with van der Waals surface area (Å²) in [5.74, 6) is -0.828. The van der Waals surface area contributed by atoms with E-state index >= 15 is 0 Å².